The van der Waals surface area contributed by atoms with E-state index in [9.17, 15) is 14.7 Å². The lowest BCUT2D eigenvalue weighted by Gasteiger charge is -2.29. The topological polar surface area (TPSA) is 66.8 Å². The zero-order valence-electron chi connectivity index (χ0n) is 12.5. The highest BCUT2D eigenvalue weighted by Crippen LogP contribution is 2.40. The number of nitrogens with zero attached hydrogens (tertiary/aromatic N) is 1. The van der Waals surface area contributed by atoms with Gasteiger partial charge in [0.1, 0.15) is 6.61 Å². The van der Waals surface area contributed by atoms with Crippen molar-refractivity contribution in [2.75, 3.05) is 13.1 Å². The number of hydrogen-bond donors (Lipinski definition) is 1. The predicted octanol–water partition coefficient (Wildman–Crippen LogP) is 2.76. The number of hydrogen-bond acceptors (Lipinski definition) is 3. The maximum absolute atomic E-state index is 12.2. The van der Waals surface area contributed by atoms with Crippen molar-refractivity contribution in [1.29, 1.82) is 0 Å². The third kappa shape index (κ3) is 3.08. The van der Waals surface area contributed by atoms with E-state index in [1.165, 1.54) is 0 Å². The van der Waals surface area contributed by atoms with Crippen LogP contribution in [0.25, 0.3) is 0 Å². The number of carboxylic acid groups (broad SMARTS) is 1. The van der Waals surface area contributed by atoms with Crippen LogP contribution in [0.3, 0.4) is 0 Å². The molecule has 3 unspecified atom stereocenters. The van der Waals surface area contributed by atoms with Crippen LogP contribution in [0.2, 0.25) is 0 Å². The van der Waals surface area contributed by atoms with Crippen molar-refractivity contribution in [2.45, 2.75) is 25.9 Å². The van der Waals surface area contributed by atoms with Gasteiger partial charge in [-0.15, -0.1) is 0 Å². The van der Waals surface area contributed by atoms with Gasteiger partial charge in [-0.05, 0) is 30.2 Å². The van der Waals surface area contributed by atoms with Crippen molar-refractivity contribution in [3.05, 3.63) is 35.9 Å². The summed E-state index contributed by atoms with van der Waals surface area (Å²) in [4.78, 5) is 25.2. The molecule has 118 valence electrons. The van der Waals surface area contributed by atoms with E-state index in [0.717, 1.165) is 24.8 Å². The maximum atomic E-state index is 12.2. The smallest absolute Gasteiger partial charge is 0.410 e. The molecule has 1 aliphatic heterocycles. The van der Waals surface area contributed by atoms with Gasteiger partial charge in [0.05, 0.1) is 5.92 Å². The van der Waals surface area contributed by atoms with Gasteiger partial charge in [-0.25, -0.2) is 4.79 Å². The standard InChI is InChI=1S/C17H21NO4/c19-16(20)14-8-4-7-13-9-18(10-15(13)14)17(21)22-11-12-5-2-1-3-6-12/h1-3,5-6,13-15H,4,7-11H2,(H,19,20). The number of fused-ring (bicyclic) bond motifs is 1. The Kier molecular flexibility index (Phi) is 4.32. The lowest BCUT2D eigenvalue weighted by molar-refractivity contribution is -0.145. The summed E-state index contributed by atoms with van der Waals surface area (Å²) in [6.45, 7) is 1.39. The Balaban J connectivity index is 1.57. The minimum Gasteiger partial charge on any atom is -0.481 e. The average molecular weight is 303 g/mol. The minimum atomic E-state index is -0.728. The van der Waals surface area contributed by atoms with Crippen molar-refractivity contribution < 1.29 is 19.4 Å². The molecule has 0 aromatic heterocycles. The molecule has 1 aliphatic carbocycles. The highest BCUT2D eigenvalue weighted by atomic mass is 16.6. The van der Waals surface area contributed by atoms with Crippen LogP contribution in [0.1, 0.15) is 24.8 Å². The lowest BCUT2D eigenvalue weighted by atomic mass is 9.74. The monoisotopic (exact) mass is 303 g/mol. The molecular weight excluding hydrogens is 282 g/mol. The summed E-state index contributed by atoms with van der Waals surface area (Å²) in [5.41, 5.74) is 0.955. The van der Waals surface area contributed by atoms with E-state index >= 15 is 0 Å². The van der Waals surface area contributed by atoms with Gasteiger partial charge in [-0.2, -0.15) is 0 Å². The quantitative estimate of drug-likeness (QED) is 0.932. The Morgan fingerprint density at radius 1 is 1.18 bits per heavy atom. The fourth-order valence-corrected chi connectivity index (χ4v) is 3.74. The molecule has 1 saturated carbocycles. The molecule has 2 fully saturated rings. The minimum absolute atomic E-state index is 0.0792. The molecule has 1 aromatic carbocycles. The van der Waals surface area contributed by atoms with Crippen LogP contribution in [0.4, 0.5) is 4.79 Å². The van der Waals surface area contributed by atoms with Crippen LogP contribution in [0.5, 0.6) is 0 Å². The molecule has 22 heavy (non-hydrogen) atoms. The van der Waals surface area contributed by atoms with Crippen LogP contribution in [-0.4, -0.2) is 35.2 Å². The molecule has 1 heterocycles. The molecule has 5 heteroatoms. The summed E-state index contributed by atoms with van der Waals surface area (Å²) in [5, 5.41) is 9.33. The SMILES string of the molecule is O=C(O)C1CCCC2CN(C(=O)OCc3ccccc3)CC21. The summed E-state index contributed by atoms with van der Waals surface area (Å²) >= 11 is 0. The highest BCUT2D eigenvalue weighted by Gasteiger charge is 2.44. The molecule has 0 bridgehead atoms. The Hall–Kier alpha value is -2.04. The molecule has 5 nitrogen and oxygen atoms in total. The van der Waals surface area contributed by atoms with Crippen LogP contribution in [0.15, 0.2) is 30.3 Å². The number of rotatable bonds is 3. The van der Waals surface area contributed by atoms with Gasteiger partial charge < -0.3 is 14.7 Å². The van der Waals surface area contributed by atoms with E-state index in [1.54, 1.807) is 4.90 Å². The second-order valence-corrected chi connectivity index (χ2v) is 6.24. The predicted molar refractivity (Wildman–Crippen MR) is 80.2 cm³/mol. The zero-order valence-corrected chi connectivity index (χ0v) is 12.5. The number of carbonyl (C=O) groups excluding carboxylic acids is 1. The molecule has 1 saturated heterocycles. The van der Waals surface area contributed by atoms with Crippen LogP contribution in [0, 0.1) is 17.8 Å². The summed E-state index contributed by atoms with van der Waals surface area (Å²) in [5.74, 6) is -0.658. The third-order valence-electron chi connectivity index (χ3n) is 4.88. The van der Waals surface area contributed by atoms with Crippen molar-refractivity contribution in [3.63, 3.8) is 0 Å². The van der Waals surface area contributed by atoms with E-state index in [1.807, 2.05) is 30.3 Å². The van der Waals surface area contributed by atoms with Gasteiger partial charge in [0, 0.05) is 13.1 Å². The number of likely N-dealkylation sites (tertiary alicyclic amines) is 1. The van der Waals surface area contributed by atoms with Gasteiger partial charge in [-0.1, -0.05) is 36.8 Å². The fraction of sp³-hybridized carbons (Fsp3) is 0.529. The molecule has 1 aromatic rings. The molecule has 0 spiro atoms. The number of amides is 1. The van der Waals surface area contributed by atoms with Gasteiger partial charge in [0.15, 0.2) is 0 Å². The Bertz CT molecular complexity index is 545. The normalized spacial score (nSPS) is 27.3. The van der Waals surface area contributed by atoms with Crippen LogP contribution >= 0.6 is 0 Å². The molecule has 3 rings (SSSR count). The second-order valence-electron chi connectivity index (χ2n) is 6.24. The first-order chi connectivity index (χ1) is 10.6. The summed E-state index contributed by atoms with van der Waals surface area (Å²) in [7, 11) is 0. The van der Waals surface area contributed by atoms with E-state index < -0.39 is 5.97 Å². The molecular formula is C17H21NO4. The summed E-state index contributed by atoms with van der Waals surface area (Å²) in [6, 6.07) is 9.56. The molecule has 1 N–H and O–H groups in total. The molecule has 2 aliphatic rings. The molecule has 1 amide bonds. The first-order valence-corrected chi connectivity index (χ1v) is 7.83. The first kappa shape index (κ1) is 14.9. The van der Waals surface area contributed by atoms with Crippen molar-refractivity contribution in [1.82, 2.24) is 4.90 Å². The maximum Gasteiger partial charge on any atom is 0.410 e. The average Bonchev–Trinajstić information content (AvgIpc) is 2.97. The zero-order chi connectivity index (χ0) is 15.5. The van der Waals surface area contributed by atoms with E-state index in [-0.39, 0.29) is 24.5 Å². The van der Waals surface area contributed by atoms with Gasteiger partial charge in [-0.3, -0.25) is 4.79 Å². The van der Waals surface area contributed by atoms with Gasteiger partial charge in [0.25, 0.3) is 0 Å². The van der Waals surface area contributed by atoms with E-state index in [4.69, 9.17) is 4.74 Å². The van der Waals surface area contributed by atoms with E-state index in [2.05, 4.69) is 0 Å². The Morgan fingerprint density at radius 3 is 2.68 bits per heavy atom. The van der Waals surface area contributed by atoms with Crippen molar-refractivity contribution in [3.8, 4) is 0 Å². The number of ether oxygens (including phenoxy) is 1. The van der Waals surface area contributed by atoms with Crippen LogP contribution < -0.4 is 0 Å². The lowest BCUT2D eigenvalue weighted by Crippen LogP contribution is -2.33. The van der Waals surface area contributed by atoms with E-state index in [0.29, 0.717) is 19.0 Å². The number of benzene rings is 1. The number of aliphatic carboxylic acids is 1. The van der Waals surface area contributed by atoms with Gasteiger partial charge in [0.2, 0.25) is 0 Å². The highest BCUT2D eigenvalue weighted by molar-refractivity contribution is 5.72. The van der Waals surface area contributed by atoms with Crippen molar-refractivity contribution >= 4 is 12.1 Å². The second kappa shape index (κ2) is 6.38. The summed E-state index contributed by atoms with van der Waals surface area (Å²) in [6.07, 6.45) is 2.34. The molecule has 3 atom stereocenters. The molecule has 0 radical (unpaired) electrons. The first-order valence-electron chi connectivity index (χ1n) is 7.83. The van der Waals surface area contributed by atoms with Crippen molar-refractivity contribution in [2.24, 2.45) is 17.8 Å². The third-order valence-corrected chi connectivity index (χ3v) is 4.88. The van der Waals surface area contributed by atoms with Gasteiger partial charge >= 0.3 is 12.1 Å². The number of carbonyl (C=O) groups is 2. The largest absolute Gasteiger partial charge is 0.481 e. The fourth-order valence-electron chi connectivity index (χ4n) is 3.74. The van der Waals surface area contributed by atoms with Crippen LogP contribution in [-0.2, 0) is 16.1 Å². The Morgan fingerprint density at radius 2 is 1.95 bits per heavy atom. The summed E-state index contributed by atoms with van der Waals surface area (Å²) < 4.78 is 5.35. The number of carboxylic acids is 1. The Labute approximate surface area is 129 Å².